The molecule has 3 heterocycles. The van der Waals surface area contributed by atoms with Gasteiger partial charge in [0.05, 0.1) is 13.2 Å². The summed E-state index contributed by atoms with van der Waals surface area (Å²) in [4.78, 5) is 11.1. The van der Waals surface area contributed by atoms with Crippen LogP contribution >= 0.6 is 0 Å². The summed E-state index contributed by atoms with van der Waals surface area (Å²) in [6, 6.07) is 0. The fourth-order valence-corrected chi connectivity index (χ4v) is 3.14. The van der Waals surface area contributed by atoms with Crippen molar-refractivity contribution in [3.8, 4) is 0 Å². The maximum atomic E-state index is 5.58. The first-order chi connectivity index (χ1) is 9.72. The Morgan fingerprint density at radius 2 is 2.45 bits per heavy atom. The number of aromatic nitrogens is 2. The number of hydrogen-bond acceptors (Lipinski definition) is 3. The third kappa shape index (κ3) is 2.52. The molecule has 6 heteroatoms. The zero-order chi connectivity index (χ0) is 14.0. The number of nitrogens with one attached hydrogen (secondary N) is 1. The highest BCUT2D eigenvalue weighted by atomic mass is 16.5. The molecule has 110 valence electrons. The van der Waals surface area contributed by atoms with Crippen molar-refractivity contribution in [3.05, 3.63) is 18.2 Å². The molecular weight excluding hydrogens is 254 g/mol. The standard InChI is InChI=1S/C14H23N5O/c1-15-13(17-9-12-16-5-7-18(12)2)19-6-3-14(10-19)4-8-20-11-14/h5,7H,3-4,6,8-11H2,1-2H3,(H,15,17). The SMILES string of the molecule is CN=C(NCc1nccn1C)N1CCC2(CCOC2)C1. The number of likely N-dealkylation sites (tertiary alicyclic amines) is 1. The highest BCUT2D eigenvalue weighted by molar-refractivity contribution is 5.80. The van der Waals surface area contributed by atoms with E-state index in [-0.39, 0.29) is 0 Å². The Labute approximate surface area is 119 Å². The van der Waals surface area contributed by atoms with E-state index in [1.54, 1.807) is 0 Å². The average Bonchev–Trinajstić information content (AvgIpc) is 3.16. The van der Waals surface area contributed by atoms with Crippen molar-refractivity contribution in [2.24, 2.45) is 17.5 Å². The maximum absolute atomic E-state index is 5.58. The molecule has 1 aromatic rings. The third-order valence-electron chi connectivity index (χ3n) is 4.46. The topological polar surface area (TPSA) is 54.7 Å². The molecule has 1 atom stereocenters. The second-order valence-electron chi connectivity index (χ2n) is 5.83. The lowest BCUT2D eigenvalue weighted by atomic mass is 9.87. The van der Waals surface area contributed by atoms with Crippen LogP contribution in [-0.2, 0) is 18.3 Å². The molecule has 6 nitrogen and oxygen atoms in total. The molecule has 2 aliphatic heterocycles. The summed E-state index contributed by atoms with van der Waals surface area (Å²) >= 11 is 0. The Hall–Kier alpha value is -1.56. The van der Waals surface area contributed by atoms with E-state index in [1.807, 2.05) is 31.1 Å². The van der Waals surface area contributed by atoms with Crippen LogP contribution in [0.25, 0.3) is 0 Å². The summed E-state index contributed by atoms with van der Waals surface area (Å²) < 4.78 is 7.60. The number of rotatable bonds is 2. The number of nitrogens with zero attached hydrogens (tertiary/aromatic N) is 4. The average molecular weight is 277 g/mol. The van der Waals surface area contributed by atoms with E-state index in [0.717, 1.165) is 38.1 Å². The Morgan fingerprint density at radius 1 is 1.55 bits per heavy atom. The largest absolute Gasteiger partial charge is 0.381 e. The van der Waals surface area contributed by atoms with Crippen LogP contribution in [0.15, 0.2) is 17.4 Å². The lowest BCUT2D eigenvalue weighted by Crippen LogP contribution is -2.41. The maximum Gasteiger partial charge on any atom is 0.194 e. The van der Waals surface area contributed by atoms with Crippen LogP contribution in [-0.4, -0.2) is 53.8 Å². The van der Waals surface area contributed by atoms with Crippen LogP contribution in [0.1, 0.15) is 18.7 Å². The molecule has 1 aromatic heterocycles. The molecule has 0 radical (unpaired) electrons. The van der Waals surface area contributed by atoms with Gasteiger partial charge in [0.2, 0.25) is 0 Å². The van der Waals surface area contributed by atoms with Gasteiger partial charge in [-0.05, 0) is 12.8 Å². The second-order valence-corrected chi connectivity index (χ2v) is 5.83. The van der Waals surface area contributed by atoms with E-state index < -0.39 is 0 Å². The van der Waals surface area contributed by atoms with Gasteiger partial charge in [0.1, 0.15) is 5.82 Å². The molecule has 20 heavy (non-hydrogen) atoms. The number of hydrogen-bond donors (Lipinski definition) is 1. The van der Waals surface area contributed by atoms with E-state index in [0.29, 0.717) is 12.0 Å². The number of guanidine groups is 1. The molecule has 0 bridgehead atoms. The van der Waals surface area contributed by atoms with E-state index in [9.17, 15) is 0 Å². The number of aryl methyl sites for hydroxylation is 1. The Bertz CT molecular complexity index is 490. The molecule has 1 spiro atoms. The van der Waals surface area contributed by atoms with Gasteiger partial charge in [0.15, 0.2) is 5.96 Å². The third-order valence-corrected chi connectivity index (χ3v) is 4.46. The normalized spacial score (nSPS) is 26.7. The molecule has 0 aliphatic carbocycles. The van der Waals surface area contributed by atoms with Crippen molar-refractivity contribution < 1.29 is 4.74 Å². The highest BCUT2D eigenvalue weighted by Crippen LogP contribution is 2.38. The van der Waals surface area contributed by atoms with Gasteiger partial charge in [-0.3, -0.25) is 4.99 Å². The van der Waals surface area contributed by atoms with E-state index in [2.05, 4.69) is 20.2 Å². The Morgan fingerprint density at radius 3 is 3.10 bits per heavy atom. The van der Waals surface area contributed by atoms with E-state index >= 15 is 0 Å². The fraction of sp³-hybridized carbons (Fsp3) is 0.714. The Kier molecular flexibility index (Phi) is 3.65. The van der Waals surface area contributed by atoms with Crippen molar-refractivity contribution in [3.63, 3.8) is 0 Å². The van der Waals surface area contributed by atoms with Gasteiger partial charge in [0.25, 0.3) is 0 Å². The van der Waals surface area contributed by atoms with Crippen molar-refractivity contribution in [1.29, 1.82) is 0 Å². The number of ether oxygens (including phenoxy) is 1. The van der Waals surface area contributed by atoms with Crippen LogP contribution in [0, 0.1) is 5.41 Å². The summed E-state index contributed by atoms with van der Waals surface area (Å²) in [5.41, 5.74) is 0.362. The van der Waals surface area contributed by atoms with Crippen LogP contribution in [0.2, 0.25) is 0 Å². The van der Waals surface area contributed by atoms with Crippen molar-refractivity contribution in [1.82, 2.24) is 19.8 Å². The minimum Gasteiger partial charge on any atom is -0.381 e. The summed E-state index contributed by atoms with van der Waals surface area (Å²) in [5, 5.41) is 3.41. The molecule has 1 N–H and O–H groups in total. The molecule has 2 aliphatic rings. The minimum absolute atomic E-state index is 0.362. The van der Waals surface area contributed by atoms with Crippen LogP contribution in [0.5, 0.6) is 0 Å². The lowest BCUT2D eigenvalue weighted by molar-refractivity contribution is 0.156. The minimum atomic E-state index is 0.362. The van der Waals surface area contributed by atoms with Crippen molar-refractivity contribution >= 4 is 5.96 Å². The zero-order valence-corrected chi connectivity index (χ0v) is 12.3. The fourth-order valence-electron chi connectivity index (χ4n) is 3.14. The number of aliphatic imine (C=N–C) groups is 1. The first-order valence-corrected chi connectivity index (χ1v) is 7.22. The van der Waals surface area contributed by atoms with Crippen LogP contribution in [0.3, 0.4) is 0 Å². The van der Waals surface area contributed by atoms with Crippen molar-refractivity contribution in [2.75, 3.05) is 33.4 Å². The van der Waals surface area contributed by atoms with Crippen molar-refractivity contribution in [2.45, 2.75) is 19.4 Å². The van der Waals surface area contributed by atoms with Gasteiger partial charge in [0, 0.05) is 51.6 Å². The molecule has 0 aromatic carbocycles. The molecule has 2 fully saturated rings. The molecule has 0 amide bonds. The molecule has 2 saturated heterocycles. The quantitative estimate of drug-likeness (QED) is 0.635. The molecule has 3 rings (SSSR count). The monoisotopic (exact) mass is 277 g/mol. The van der Waals surface area contributed by atoms with Gasteiger partial charge < -0.3 is 19.5 Å². The molecule has 1 unspecified atom stereocenters. The second kappa shape index (κ2) is 5.44. The van der Waals surface area contributed by atoms with Gasteiger partial charge in [-0.25, -0.2) is 4.98 Å². The van der Waals surface area contributed by atoms with Gasteiger partial charge in [-0.1, -0.05) is 0 Å². The predicted molar refractivity (Wildman–Crippen MR) is 77.5 cm³/mol. The van der Waals surface area contributed by atoms with Gasteiger partial charge >= 0.3 is 0 Å². The Balaban J connectivity index is 1.59. The van der Waals surface area contributed by atoms with E-state index in [4.69, 9.17) is 4.74 Å². The first kappa shape index (κ1) is 13.4. The van der Waals surface area contributed by atoms with Gasteiger partial charge in [-0.2, -0.15) is 0 Å². The smallest absolute Gasteiger partial charge is 0.194 e. The zero-order valence-electron chi connectivity index (χ0n) is 12.3. The summed E-state index contributed by atoms with van der Waals surface area (Å²) in [6.07, 6.45) is 6.16. The summed E-state index contributed by atoms with van der Waals surface area (Å²) in [6.45, 7) is 4.63. The van der Waals surface area contributed by atoms with Gasteiger partial charge in [-0.15, -0.1) is 0 Å². The predicted octanol–water partition coefficient (Wildman–Crippen LogP) is 0.608. The number of imidazole rings is 1. The summed E-state index contributed by atoms with van der Waals surface area (Å²) in [5.74, 6) is 1.99. The molecule has 0 saturated carbocycles. The van der Waals surface area contributed by atoms with E-state index in [1.165, 1.54) is 12.8 Å². The summed E-state index contributed by atoms with van der Waals surface area (Å²) in [7, 11) is 3.85. The first-order valence-electron chi connectivity index (χ1n) is 7.22. The van der Waals surface area contributed by atoms with Crippen LogP contribution < -0.4 is 5.32 Å². The lowest BCUT2D eigenvalue weighted by Gasteiger charge is -2.24. The highest BCUT2D eigenvalue weighted by Gasteiger charge is 2.42. The van der Waals surface area contributed by atoms with Crippen LogP contribution in [0.4, 0.5) is 0 Å². The molecular formula is C14H23N5O.